The van der Waals surface area contributed by atoms with Gasteiger partial charge < -0.3 is 15.4 Å². The molecular weight excluding hydrogens is 288 g/mol. The number of carbonyl (C=O) groups is 1. The number of benzene rings is 1. The molecule has 0 aromatic heterocycles. The minimum Gasteiger partial charge on any atom is -0.488 e. The normalized spacial score (nSPS) is 24.6. The van der Waals surface area contributed by atoms with E-state index < -0.39 is 0 Å². The van der Waals surface area contributed by atoms with Crippen LogP contribution < -0.4 is 15.4 Å². The van der Waals surface area contributed by atoms with Crippen LogP contribution in [0.15, 0.2) is 23.8 Å². The van der Waals surface area contributed by atoms with Gasteiger partial charge in [0.25, 0.3) is 5.91 Å². The van der Waals surface area contributed by atoms with Gasteiger partial charge in [-0.1, -0.05) is 18.5 Å². The summed E-state index contributed by atoms with van der Waals surface area (Å²) >= 11 is 5.99. The summed E-state index contributed by atoms with van der Waals surface area (Å²) in [6.45, 7) is 4.32. The summed E-state index contributed by atoms with van der Waals surface area (Å²) in [6.07, 6.45) is 2.94. The van der Waals surface area contributed by atoms with Gasteiger partial charge in [0, 0.05) is 23.2 Å². The highest BCUT2D eigenvalue weighted by atomic mass is 35.5. The molecule has 2 aliphatic rings. The van der Waals surface area contributed by atoms with Crippen LogP contribution in [0, 0.1) is 5.92 Å². The zero-order chi connectivity index (χ0) is 14.8. The SMILES string of the molecule is CC1CCNCC1NC(=O)C1=Cc2cc(Cl)ccc2OC1. The number of fused-ring (bicyclic) bond motifs is 1. The number of hydrogen-bond donors (Lipinski definition) is 2. The molecule has 1 saturated heterocycles. The molecule has 0 radical (unpaired) electrons. The lowest BCUT2D eigenvalue weighted by Crippen LogP contribution is -2.50. The van der Waals surface area contributed by atoms with Gasteiger partial charge in [-0.3, -0.25) is 4.79 Å². The maximum Gasteiger partial charge on any atom is 0.250 e. The predicted octanol–water partition coefficient (Wildman–Crippen LogP) is 2.23. The number of piperidine rings is 1. The Balaban J connectivity index is 1.73. The third-order valence-electron chi connectivity index (χ3n) is 4.12. The van der Waals surface area contributed by atoms with Crippen molar-refractivity contribution in [2.45, 2.75) is 19.4 Å². The average Bonchev–Trinajstić information content (AvgIpc) is 2.48. The second-order valence-corrected chi connectivity index (χ2v) is 6.13. The number of hydrogen-bond acceptors (Lipinski definition) is 3. The summed E-state index contributed by atoms with van der Waals surface area (Å²) in [7, 11) is 0. The van der Waals surface area contributed by atoms with E-state index in [1.54, 1.807) is 6.07 Å². The summed E-state index contributed by atoms with van der Waals surface area (Å²) in [4.78, 5) is 12.4. The standard InChI is InChI=1S/C16H19ClN2O2/c1-10-4-5-18-8-14(10)19-16(20)12-6-11-7-13(17)2-3-15(11)21-9-12/h2-3,6-7,10,14,18H,4-5,8-9H2,1H3,(H,19,20). The molecular formula is C16H19ClN2O2. The van der Waals surface area contributed by atoms with Crippen LogP contribution in [0.4, 0.5) is 0 Å². The summed E-state index contributed by atoms with van der Waals surface area (Å²) in [5.74, 6) is 1.20. The molecule has 2 N–H and O–H groups in total. The predicted molar refractivity (Wildman–Crippen MR) is 83.5 cm³/mol. The van der Waals surface area contributed by atoms with Crippen molar-refractivity contribution in [1.82, 2.24) is 10.6 Å². The topological polar surface area (TPSA) is 50.4 Å². The summed E-state index contributed by atoms with van der Waals surface area (Å²) in [5, 5.41) is 7.05. The van der Waals surface area contributed by atoms with E-state index in [1.807, 2.05) is 18.2 Å². The molecule has 2 atom stereocenters. The van der Waals surface area contributed by atoms with Gasteiger partial charge in [-0.2, -0.15) is 0 Å². The highest BCUT2D eigenvalue weighted by Crippen LogP contribution is 2.29. The zero-order valence-corrected chi connectivity index (χ0v) is 12.7. The van der Waals surface area contributed by atoms with Gasteiger partial charge in [0.1, 0.15) is 12.4 Å². The molecule has 0 saturated carbocycles. The third-order valence-corrected chi connectivity index (χ3v) is 4.36. The van der Waals surface area contributed by atoms with Gasteiger partial charge in [0.2, 0.25) is 0 Å². The van der Waals surface area contributed by atoms with E-state index >= 15 is 0 Å². The van der Waals surface area contributed by atoms with E-state index in [4.69, 9.17) is 16.3 Å². The first-order chi connectivity index (χ1) is 10.1. The number of nitrogens with one attached hydrogen (secondary N) is 2. The van der Waals surface area contributed by atoms with Gasteiger partial charge in [-0.25, -0.2) is 0 Å². The van der Waals surface area contributed by atoms with E-state index in [0.29, 0.717) is 23.1 Å². The Morgan fingerprint density at radius 1 is 1.48 bits per heavy atom. The molecule has 3 rings (SSSR count). The van der Waals surface area contributed by atoms with Crippen molar-refractivity contribution in [3.63, 3.8) is 0 Å². The first-order valence-corrected chi connectivity index (χ1v) is 7.66. The average molecular weight is 307 g/mol. The molecule has 2 aliphatic heterocycles. The number of halogens is 1. The maximum absolute atomic E-state index is 12.4. The Labute approximate surface area is 129 Å². The summed E-state index contributed by atoms with van der Waals surface area (Å²) in [6, 6.07) is 5.60. The van der Waals surface area contributed by atoms with Gasteiger partial charge in [-0.05, 0) is 43.2 Å². The first kappa shape index (κ1) is 14.4. The Bertz CT molecular complexity index is 586. The lowest BCUT2D eigenvalue weighted by molar-refractivity contribution is -0.118. The van der Waals surface area contributed by atoms with E-state index in [9.17, 15) is 4.79 Å². The second-order valence-electron chi connectivity index (χ2n) is 5.69. The smallest absolute Gasteiger partial charge is 0.250 e. The van der Waals surface area contributed by atoms with Crippen LogP contribution in [0.3, 0.4) is 0 Å². The van der Waals surface area contributed by atoms with Crippen LogP contribution in [0.2, 0.25) is 5.02 Å². The Hall–Kier alpha value is -1.52. The third kappa shape index (κ3) is 3.22. The lowest BCUT2D eigenvalue weighted by Gasteiger charge is -2.30. The molecule has 0 spiro atoms. The highest BCUT2D eigenvalue weighted by Gasteiger charge is 2.25. The van der Waals surface area contributed by atoms with Crippen LogP contribution in [0.1, 0.15) is 18.9 Å². The van der Waals surface area contributed by atoms with Crippen molar-refractivity contribution >= 4 is 23.6 Å². The maximum atomic E-state index is 12.4. The molecule has 1 aromatic carbocycles. The van der Waals surface area contributed by atoms with Crippen LogP contribution in [0.25, 0.3) is 6.08 Å². The van der Waals surface area contributed by atoms with Crippen molar-refractivity contribution in [2.24, 2.45) is 5.92 Å². The monoisotopic (exact) mass is 306 g/mol. The summed E-state index contributed by atoms with van der Waals surface area (Å²) in [5.41, 5.74) is 1.50. The highest BCUT2D eigenvalue weighted by molar-refractivity contribution is 6.30. The second kappa shape index (κ2) is 6.08. The van der Waals surface area contributed by atoms with Gasteiger partial charge in [0.15, 0.2) is 0 Å². The molecule has 4 nitrogen and oxygen atoms in total. The molecule has 1 amide bonds. The van der Waals surface area contributed by atoms with Crippen molar-refractivity contribution in [2.75, 3.05) is 19.7 Å². The van der Waals surface area contributed by atoms with E-state index in [2.05, 4.69) is 17.6 Å². The van der Waals surface area contributed by atoms with Crippen LogP contribution in [-0.4, -0.2) is 31.6 Å². The fourth-order valence-corrected chi connectivity index (χ4v) is 2.90. The fourth-order valence-electron chi connectivity index (χ4n) is 2.72. The Morgan fingerprint density at radius 2 is 2.33 bits per heavy atom. The van der Waals surface area contributed by atoms with Crippen LogP contribution >= 0.6 is 11.6 Å². The molecule has 2 unspecified atom stereocenters. The molecule has 5 heteroatoms. The first-order valence-electron chi connectivity index (χ1n) is 7.28. The molecule has 21 heavy (non-hydrogen) atoms. The van der Waals surface area contributed by atoms with E-state index in [-0.39, 0.29) is 11.9 Å². The zero-order valence-electron chi connectivity index (χ0n) is 12.0. The minimum absolute atomic E-state index is 0.0545. The number of amides is 1. The largest absolute Gasteiger partial charge is 0.488 e. The number of rotatable bonds is 2. The van der Waals surface area contributed by atoms with E-state index in [0.717, 1.165) is 30.8 Å². The van der Waals surface area contributed by atoms with Crippen molar-refractivity contribution in [1.29, 1.82) is 0 Å². The van der Waals surface area contributed by atoms with Gasteiger partial charge in [-0.15, -0.1) is 0 Å². The summed E-state index contributed by atoms with van der Waals surface area (Å²) < 4.78 is 5.62. The Kier molecular flexibility index (Phi) is 4.17. The number of carbonyl (C=O) groups excluding carboxylic acids is 1. The molecule has 0 bridgehead atoms. The van der Waals surface area contributed by atoms with Gasteiger partial charge in [0.05, 0.1) is 5.57 Å². The number of ether oxygens (including phenoxy) is 1. The van der Waals surface area contributed by atoms with Crippen LogP contribution in [-0.2, 0) is 4.79 Å². The van der Waals surface area contributed by atoms with Gasteiger partial charge >= 0.3 is 0 Å². The van der Waals surface area contributed by atoms with Crippen molar-refractivity contribution < 1.29 is 9.53 Å². The van der Waals surface area contributed by atoms with E-state index in [1.165, 1.54) is 0 Å². The fraction of sp³-hybridized carbons (Fsp3) is 0.438. The molecule has 112 valence electrons. The lowest BCUT2D eigenvalue weighted by atomic mass is 9.94. The van der Waals surface area contributed by atoms with Crippen LogP contribution in [0.5, 0.6) is 5.75 Å². The Morgan fingerprint density at radius 3 is 3.14 bits per heavy atom. The molecule has 1 aromatic rings. The molecule has 1 fully saturated rings. The van der Waals surface area contributed by atoms with Crippen molar-refractivity contribution in [3.8, 4) is 5.75 Å². The molecule has 0 aliphatic carbocycles. The molecule has 2 heterocycles. The van der Waals surface area contributed by atoms with Crippen molar-refractivity contribution in [3.05, 3.63) is 34.4 Å². The minimum atomic E-state index is -0.0545. The quantitative estimate of drug-likeness (QED) is 0.881.